The Kier molecular flexibility index (Phi) is 6.06. The molecule has 1 unspecified atom stereocenters. The van der Waals surface area contributed by atoms with Gasteiger partial charge in [0, 0.05) is 12.6 Å². The average molecular weight is 367 g/mol. The summed E-state index contributed by atoms with van der Waals surface area (Å²) < 4.78 is 5.25. The van der Waals surface area contributed by atoms with Crippen molar-refractivity contribution in [2.24, 2.45) is 0 Å². The highest BCUT2D eigenvalue weighted by molar-refractivity contribution is 6.04. The Morgan fingerprint density at radius 3 is 2.70 bits per heavy atom. The molecular weight excluding hydrogens is 342 g/mol. The number of ether oxygens (including phenoxy) is 1. The maximum absolute atomic E-state index is 12.9. The summed E-state index contributed by atoms with van der Waals surface area (Å²) in [6, 6.07) is 12.4. The van der Waals surface area contributed by atoms with Gasteiger partial charge in [0.15, 0.2) is 0 Å². The third kappa shape index (κ3) is 4.27. The van der Waals surface area contributed by atoms with Crippen LogP contribution in [0.1, 0.15) is 53.6 Å². The Balaban J connectivity index is 1.78. The monoisotopic (exact) mass is 367 g/mol. The number of likely N-dealkylation sites (tertiary alicyclic amines) is 1. The minimum atomic E-state index is -0.375. The van der Waals surface area contributed by atoms with Crippen molar-refractivity contribution in [1.82, 2.24) is 9.88 Å². The van der Waals surface area contributed by atoms with E-state index in [9.17, 15) is 9.59 Å². The third-order valence-electron chi connectivity index (χ3n) is 4.92. The summed E-state index contributed by atoms with van der Waals surface area (Å²) in [6.45, 7) is 2.84. The van der Waals surface area contributed by atoms with E-state index in [2.05, 4.69) is 17.2 Å². The lowest BCUT2D eigenvalue weighted by Crippen LogP contribution is -2.43. The predicted octanol–water partition coefficient (Wildman–Crippen LogP) is 3.75. The van der Waals surface area contributed by atoms with Gasteiger partial charge in [-0.25, -0.2) is 4.98 Å². The molecule has 1 aliphatic rings. The summed E-state index contributed by atoms with van der Waals surface area (Å²) in [5.41, 5.74) is 1.07. The molecule has 1 aromatic carbocycles. The molecule has 1 saturated heterocycles. The van der Waals surface area contributed by atoms with E-state index in [-0.39, 0.29) is 23.6 Å². The second-order valence-corrected chi connectivity index (χ2v) is 6.62. The lowest BCUT2D eigenvalue weighted by molar-refractivity contribution is 0.0602. The lowest BCUT2D eigenvalue weighted by atomic mass is 9.99. The van der Waals surface area contributed by atoms with Crippen LogP contribution < -0.4 is 10.1 Å². The van der Waals surface area contributed by atoms with Crippen LogP contribution in [-0.4, -0.2) is 41.4 Å². The van der Waals surface area contributed by atoms with Crippen molar-refractivity contribution in [3.8, 4) is 5.75 Å². The lowest BCUT2D eigenvalue weighted by Gasteiger charge is -2.35. The van der Waals surface area contributed by atoms with Crippen LogP contribution >= 0.6 is 0 Å². The number of hydrogen-bond acceptors (Lipinski definition) is 4. The van der Waals surface area contributed by atoms with Gasteiger partial charge in [0.25, 0.3) is 11.8 Å². The summed E-state index contributed by atoms with van der Waals surface area (Å²) in [5, 5.41) is 2.79. The van der Waals surface area contributed by atoms with Crippen LogP contribution in [0.5, 0.6) is 5.75 Å². The van der Waals surface area contributed by atoms with Crippen molar-refractivity contribution in [3.63, 3.8) is 0 Å². The fourth-order valence-corrected chi connectivity index (χ4v) is 3.45. The van der Waals surface area contributed by atoms with Gasteiger partial charge in [-0.2, -0.15) is 0 Å². The van der Waals surface area contributed by atoms with E-state index in [1.165, 1.54) is 0 Å². The molecule has 2 heterocycles. The van der Waals surface area contributed by atoms with Crippen molar-refractivity contribution < 1.29 is 14.3 Å². The minimum absolute atomic E-state index is 0.103. The number of aromatic nitrogens is 1. The largest absolute Gasteiger partial charge is 0.495 e. The number of pyridine rings is 1. The van der Waals surface area contributed by atoms with E-state index in [1.807, 2.05) is 17.0 Å². The van der Waals surface area contributed by atoms with Crippen LogP contribution in [0.3, 0.4) is 0 Å². The Labute approximate surface area is 159 Å². The predicted molar refractivity (Wildman–Crippen MR) is 104 cm³/mol. The first-order valence-electron chi connectivity index (χ1n) is 9.36. The van der Waals surface area contributed by atoms with E-state index in [0.29, 0.717) is 17.1 Å². The van der Waals surface area contributed by atoms with Gasteiger partial charge in [0.1, 0.15) is 17.1 Å². The molecule has 142 valence electrons. The Morgan fingerprint density at radius 2 is 1.93 bits per heavy atom. The van der Waals surface area contributed by atoms with Gasteiger partial charge in [-0.3, -0.25) is 9.59 Å². The molecular formula is C21H25N3O3. The van der Waals surface area contributed by atoms with Crippen LogP contribution in [0.15, 0.2) is 42.5 Å². The van der Waals surface area contributed by atoms with E-state index in [4.69, 9.17) is 4.74 Å². The number of carbonyl (C=O) groups is 2. The number of piperidine rings is 1. The number of amides is 2. The second-order valence-electron chi connectivity index (χ2n) is 6.62. The Bertz CT molecular complexity index is 822. The van der Waals surface area contributed by atoms with E-state index < -0.39 is 0 Å². The Hall–Kier alpha value is -2.89. The first kappa shape index (κ1) is 18.9. The maximum Gasteiger partial charge on any atom is 0.274 e. The van der Waals surface area contributed by atoms with Gasteiger partial charge < -0.3 is 15.0 Å². The quantitative estimate of drug-likeness (QED) is 0.874. The zero-order valence-corrected chi connectivity index (χ0v) is 15.8. The molecule has 0 aliphatic carbocycles. The molecule has 27 heavy (non-hydrogen) atoms. The summed E-state index contributed by atoms with van der Waals surface area (Å²) in [5.74, 6) is 0.0884. The summed E-state index contributed by atoms with van der Waals surface area (Å²) in [6.07, 6.45) is 4.11. The summed E-state index contributed by atoms with van der Waals surface area (Å²) in [7, 11) is 1.55. The molecule has 1 aromatic heterocycles. The number of methoxy groups -OCH3 is 1. The third-order valence-corrected chi connectivity index (χ3v) is 4.92. The van der Waals surface area contributed by atoms with Crippen LogP contribution in [-0.2, 0) is 0 Å². The molecule has 1 atom stereocenters. The average Bonchev–Trinajstić information content (AvgIpc) is 2.73. The molecule has 6 nitrogen and oxygen atoms in total. The first-order valence-corrected chi connectivity index (χ1v) is 9.36. The SMILES string of the molecule is CCC1CCCCN1C(=O)c1cccc(C(=O)Nc2ccccc2OC)n1. The van der Waals surface area contributed by atoms with Crippen LogP contribution in [0, 0.1) is 0 Å². The van der Waals surface area contributed by atoms with Crippen LogP contribution in [0.2, 0.25) is 0 Å². The van der Waals surface area contributed by atoms with Crippen molar-refractivity contribution in [2.45, 2.75) is 38.6 Å². The molecule has 0 spiro atoms. The van der Waals surface area contributed by atoms with Crippen molar-refractivity contribution in [3.05, 3.63) is 53.9 Å². The standard InChI is InChI=1S/C21H25N3O3/c1-3-15-9-6-7-14-24(15)21(26)18-12-8-11-17(22-18)20(25)23-16-10-4-5-13-19(16)27-2/h4-5,8,10-13,15H,3,6-7,9,14H2,1-2H3,(H,23,25). The van der Waals surface area contributed by atoms with Crippen molar-refractivity contribution in [2.75, 3.05) is 19.0 Å². The number of carbonyl (C=O) groups excluding carboxylic acids is 2. The van der Waals surface area contributed by atoms with E-state index in [1.54, 1.807) is 37.4 Å². The topological polar surface area (TPSA) is 71.5 Å². The maximum atomic E-state index is 12.9. The number of benzene rings is 1. The van der Waals surface area contributed by atoms with Crippen molar-refractivity contribution in [1.29, 1.82) is 0 Å². The molecule has 3 rings (SSSR count). The zero-order valence-electron chi connectivity index (χ0n) is 15.8. The molecule has 2 aromatic rings. The highest BCUT2D eigenvalue weighted by atomic mass is 16.5. The van der Waals surface area contributed by atoms with Gasteiger partial charge in [-0.05, 0) is 49.9 Å². The fraction of sp³-hybridized carbons (Fsp3) is 0.381. The number of para-hydroxylation sites is 2. The summed E-state index contributed by atoms with van der Waals surface area (Å²) in [4.78, 5) is 31.7. The number of hydrogen-bond donors (Lipinski definition) is 1. The van der Waals surface area contributed by atoms with E-state index in [0.717, 1.165) is 32.2 Å². The number of rotatable bonds is 5. The second kappa shape index (κ2) is 8.66. The van der Waals surface area contributed by atoms with Crippen molar-refractivity contribution >= 4 is 17.5 Å². The zero-order chi connectivity index (χ0) is 19.2. The van der Waals surface area contributed by atoms with E-state index >= 15 is 0 Å². The highest BCUT2D eigenvalue weighted by Crippen LogP contribution is 2.24. The molecule has 1 fully saturated rings. The number of anilines is 1. The number of nitrogens with one attached hydrogen (secondary N) is 1. The normalized spacial score (nSPS) is 16.7. The molecule has 1 N–H and O–H groups in total. The van der Waals surface area contributed by atoms with Gasteiger partial charge >= 0.3 is 0 Å². The number of nitrogens with zero attached hydrogens (tertiary/aromatic N) is 2. The van der Waals surface area contributed by atoms with Gasteiger partial charge in [-0.1, -0.05) is 25.1 Å². The minimum Gasteiger partial charge on any atom is -0.495 e. The van der Waals surface area contributed by atoms with Gasteiger partial charge in [-0.15, -0.1) is 0 Å². The van der Waals surface area contributed by atoms with Crippen LogP contribution in [0.4, 0.5) is 5.69 Å². The molecule has 0 radical (unpaired) electrons. The summed E-state index contributed by atoms with van der Waals surface area (Å²) >= 11 is 0. The van der Waals surface area contributed by atoms with Crippen LogP contribution in [0.25, 0.3) is 0 Å². The molecule has 1 aliphatic heterocycles. The highest BCUT2D eigenvalue weighted by Gasteiger charge is 2.27. The molecule has 0 saturated carbocycles. The first-order chi connectivity index (χ1) is 13.1. The molecule has 6 heteroatoms. The molecule has 2 amide bonds. The van der Waals surface area contributed by atoms with Gasteiger partial charge in [0.2, 0.25) is 0 Å². The molecule has 0 bridgehead atoms. The smallest absolute Gasteiger partial charge is 0.274 e. The fourth-order valence-electron chi connectivity index (χ4n) is 3.45. The Morgan fingerprint density at radius 1 is 1.15 bits per heavy atom. The van der Waals surface area contributed by atoms with Gasteiger partial charge in [0.05, 0.1) is 12.8 Å².